The normalized spacial score (nSPS) is 33.5. The van der Waals surface area contributed by atoms with Crippen LogP contribution in [-0.4, -0.2) is 60.1 Å². The number of H-pyrrole nitrogens is 2. The average Bonchev–Trinajstić information content (AvgIpc) is 2.94. The van der Waals surface area contributed by atoms with E-state index in [-0.39, 0.29) is 12.2 Å². The van der Waals surface area contributed by atoms with Crippen molar-refractivity contribution in [2.45, 2.75) is 57.3 Å². The van der Waals surface area contributed by atoms with Gasteiger partial charge < -0.3 is 29.7 Å². The molecule has 27 heavy (non-hydrogen) atoms. The molecule has 10 heteroatoms. The average molecular weight is 383 g/mol. The Hall–Kier alpha value is -2.01. The van der Waals surface area contributed by atoms with E-state index in [4.69, 9.17) is 24.7 Å². The lowest BCUT2D eigenvalue weighted by atomic mass is 9.93. The number of esters is 1. The number of methoxy groups -OCH3 is 1. The van der Waals surface area contributed by atoms with Crippen LogP contribution in [-0.2, 0) is 23.7 Å². The standard InChI is InChI=1S/C17H25N3O7/c1-17(2,3)15(22)27-13-10(7-5-19-16(23)20-14(7)21)26-11-9(18)8(24-4)6-25-12(11)13/h5,8-13H,6,18H2,1-4H3,(H2,19,20,21,23)/t8-,9-,10+,11-,12-,13?/m1/s1. The first-order chi connectivity index (χ1) is 12.6. The fraction of sp³-hybridized carbons (Fsp3) is 0.706. The van der Waals surface area contributed by atoms with Gasteiger partial charge in [-0.3, -0.25) is 14.6 Å². The molecule has 0 bridgehead atoms. The van der Waals surface area contributed by atoms with Crippen LogP contribution in [0, 0.1) is 5.41 Å². The SMILES string of the molecule is CO[C@@H]1CO[C@H]2C(OC(=O)C(C)(C)C)[C@H](c3c[nH]c(=O)[nH]c3=O)O[C@@H]2[C@@H]1N. The van der Waals surface area contributed by atoms with Gasteiger partial charge in [-0.1, -0.05) is 0 Å². The van der Waals surface area contributed by atoms with Gasteiger partial charge in [-0.2, -0.15) is 0 Å². The Balaban J connectivity index is 1.97. The number of nitrogens with one attached hydrogen (secondary N) is 2. The van der Waals surface area contributed by atoms with Gasteiger partial charge >= 0.3 is 11.7 Å². The van der Waals surface area contributed by atoms with E-state index >= 15 is 0 Å². The molecule has 0 saturated carbocycles. The van der Waals surface area contributed by atoms with Crippen molar-refractivity contribution in [3.63, 3.8) is 0 Å². The van der Waals surface area contributed by atoms with E-state index in [1.807, 2.05) is 0 Å². The number of nitrogens with two attached hydrogens (primary N) is 1. The predicted octanol–water partition coefficient (Wildman–Crippen LogP) is -0.798. The Bertz CT molecular complexity index is 812. The number of carbonyl (C=O) groups excluding carboxylic acids is 1. The lowest BCUT2D eigenvalue weighted by Crippen LogP contribution is -2.58. The van der Waals surface area contributed by atoms with Crippen molar-refractivity contribution >= 4 is 5.97 Å². The van der Waals surface area contributed by atoms with Gasteiger partial charge in [0.2, 0.25) is 0 Å². The first-order valence-corrected chi connectivity index (χ1v) is 8.72. The molecule has 2 aliphatic heterocycles. The van der Waals surface area contributed by atoms with E-state index in [0.29, 0.717) is 0 Å². The van der Waals surface area contributed by atoms with Gasteiger partial charge in [0.25, 0.3) is 5.56 Å². The van der Waals surface area contributed by atoms with Crippen molar-refractivity contribution in [1.29, 1.82) is 0 Å². The number of rotatable bonds is 3. The number of fused-ring (bicyclic) bond motifs is 1. The molecule has 3 heterocycles. The highest BCUT2D eigenvalue weighted by Gasteiger charge is 2.55. The number of aromatic nitrogens is 2. The van der Waals surface area contributed by atoms with Crippen LogP contribution >= 0.6 is 0 Å². The van der Waals surface area contributed by atoms with Gasteiger partial charge in [0.15, 0.2) is 6.10 Å². The van der Waals surface area contributed by atoms with Crippen molar-refractivity contribution in [2.75, 3.05) is 13.7 Å². The third kappa shape index (κ3) is 3.70. The molecule has 1 aromatic heterocycles. The van der Waals surface area contributed by atoms with Crippen LogP contribution in [0.25, 0.3) is 0 Å². The summed E-state index contributed by atoms with van der Waals surface area (Å²) < 4.78 is 22.8. The summed E-state index contributed by atoms with van der Waals surface area (Å²) in [6.45, 7) is 5.37. The summed E-state index contributed by atoms with van der Waals surface area (Å²) in [5.74, 6) is -0.464. The smallest absolute Gasteiger partial charge is 0.325 e. The van der Waals surface area contributed by atoms with Crippen LogP contribution in [0.4, 0.5) is 0 Å². The zero-order chi connectivity index (χ0) is 19.9. The van der Waals surface area contributed by atoms with Gasteiger partial charge in [-0.25, -0.2) is 4.79 Å². The quantitative estimate of drug-likeness (QED) is 0.575. The van der Waals surface area contributed by atoms with E-state index in [0.717, 1.165) is 0 Å². The predicted molar refractivity (Wildman–Crippen MR) is 93.1 cm³/mol. The third-order valence-electron chi connectivity index (χ3n) is 4.82. The Morgan fingerprint density at radius 2 is 2.00 bits per heavy atom. The Kier molecular flexibility index (Phi) is 5.26. The minimum atomic E-state index is -0.937. The molecule has 1 aromatic rings. The molecule has 0 aliphatic carbocycles. The van der Waals surface area contributed by atoms with Crippen LogP contribution in [0.5, 0.6) is 0 Å². The number of hydrogen-bond acceptors (Lipinski definition) is 8. The first-order valence-electron chi connectivity index (χ1n) is 8.72. The molecule has 0 radical (unpaired) electrons. The summed E-state index contributed by atoms with van der Waals surface area (Å²) in [7, 11) is 1.52. The maximum atomic E-state index is 12.5. The zero-order valence-corrected chi connectivity index (χ0v) is 15.7. The highest BCUT2D eigenvalue weighted by atomic mass is 16.6. The van der Waals surface area contributed by atoms with Crippen LogP contribution < -0.4 is 17.0 Å². The molecule has 2 fully saturated rings. The maximum absolute atomic E-state index is 12.5. The summed E-state index contributed by atoms with van der Waals surface area (Å²) in [5.41, 5.74) is 4.34. The number of ether oxygens (including phenoxy) is 4. The Morgan fingerprint density at radius 1 is 1.30 bits per heavy atom. The summed E-state index contributed by atoms with van der Waals surface area (Å²) in [5, 5.41) is 0. The van der Waals surface area contributed by atoms with Gasteiger partial charge in [0.05, 0.1) is 29.7 Å². The minimum Gasteiger partial charge on any atom is -0.456 e. The molecule has 2 aliphatic rings. The van der Waals surface area contributed by atoms with Crippen LogP contribution in [0.3, 0.4) is 0 Å². The van der Waals surface area contributed by atoms with E-state index in [1.54, 1.807) is 20.8 Å². The first kappa shape index (κ1) is 19.7. The molecule has 10 nitrogen and oxygen atoms in total. The largest absolute Gasteiger partial charge is 0.456 e. The van der Waals surface area contributed by atoms with Crippen molar-refractivity contribution in [3.05, 3.63) is 32.6 Å². The van der Waals surface area contributed by atoms with E-state index in [9.17, 15) is 14.4 Å². The van der Waals surface area contributed by atoms with Crippen LogP contribution in [0.2, 0.25) is 0 Å². The molecule has 6 atom stereocenters. The highest BCUT2D eigenvalue weighted by molar-refractivity contribution is 5.75. The molecule has 3 rings (SSSR count). The Morgan fingerprint density at radius 3 is 2.59 bits per heavy atom. The summed E-state index contributed by atoms with van der Waals surface area (Å²) in [6, 6.07) is -0.531. The van der Waals surface area contributed by atoms with Gasteiger partial charge in [0, 0.05) is 13.3 Å². The fourth-order valence-electron chi connectivity index (χ4n) is 3.25. The second-order valence-electron chi connectivity index (χ2n) is 7.82. The molecular weight excluding hydrogens is 358 g/mol. The second kappa shape index (κ2) is 7.19. The summed E-state index contributed by atoms with van der Waals surface area (Å²) in [4.78, 5) is 40.6. The van der Waals surface area contributed by atoms with Gasteiger partial charge in [-0.15, -0.1) is 0 Å². The van der Waals surface area contributed by atoms with E-state index in [2.05, 4.69) is 9.97 Å². The number of hydrogen-bond donors (Lipinski definition) is 3. The van der Waals surface area contributed by atoms with E-state index < -0.39 is 59.2 Å². The van der Waals surface area contributed by atoms with Gasteiger partial charge in [0.1, 0.15) is 18.3 Å². The van der Waals surface area contributed by atoms with Crippen molar-refractivity contribution in [1.82, 2.24) is 9.97 Å². The monoisotopic (exact) mass is 383 g/mol. The molecular formula is C17H25N3O7. The van der Waals surface area contributed by atoms with Crippen molar-refractivity contribution in [2.24, 2.45) is 11.1 Å². The molecule has 0 amide bonds. The van der Waals surface area contributed by atoms with Crippen LogP contribution in [0.1, 0.15) is 32.4 Å². The molecule has 4 N–H and O–H groups in total. The topological polar surface area (TPSA) is 146 Å². The highest BCUT2D eigenvalue weighted by Crippen LogP contribution is 2.40. The molecule has 1 unspecified atom stereocenters. The number of carbonyl (C=O) groups is 1. The summed E-state index contributed by atoms with van der Waals surface area (Å²) in [6.07, 6.45) is -2.27. The van der Waals surface area contributed by atoms with Crippen LogP contribution in [0.15, 0.2) is 15.8 Å². The lowest BCUT2D eigenvalue weighted by molar-refractivity contribution is -0.172. The lowest BCUT2D eigenvalue weighted by Gasteiger charge is -2.37. The second-order valence-corrected chi connectivity index (χ2v) is 7.82. The minimum absolute atomic E-state index is 0.125. The maximum Gasteiger partial charge on any atom is 0.325 e. The zero-order valence-electron chi connectivity index (χ0n) is 15.7. The fourth-order valence-corrected chi connectivity index (χ4v) is 3.25. The molecule has 0 aromatic carbocycles. The molecule has 2 saturated heterocycles. The Labute approximate surface area is 155 Å². The molecule has 150 valence electrons. The van der Waals surface area contributed by atoms with Crippen molar-refractivity contribution < 1.29 is 23.7 Å². The number of aromatic amines is 2. The third-order valence-corrected chi connectivity index (χ3v) is 4.82. The van der Waals surface area contributed by atoms with Crippen molar-refractivity contribution in [3.8, 4) is 0 Å². The van der Waals surface area contributed by atoms with E-state index in [1.165, 1.54) is 13.3 Å². The summed E-state index contributed by atoms with van der Waals surface area (Å²) >= 11 is 0. The molecule has 0 spiro atoms. The van der Waals surface area contributed by atoms with Gasteiger partial charge in [-0.05, 0) is 20.8 Å².